The second-order valence-electron chi connectivity index (χ2n) is 4.58. The first kappa shape index (κ1) is 8.79. The van der Waals surface area contributed by atoms with E-state index in [1.54, 1.807) is 0 Å². The van der Waals surface area contributed by atoms with Crippen LogP contribution in [-0.2, 0) is 0 Å². The Bertz CT molecular complexity index is 141. The molecular formula is C10H19N. The molecule has 0 aromatic heterocycles. The van der Waals surface area contributed by atoms with E-state index in [0.717, 1.165) is 6.54 Å². The van der Waals surface area contributed by atoms with E-state index in [4.69, 9.17) is 0 Å². The van der Waals surface area contributed by atoms with Gasteiger partial charge in [-0.3, -0.25) is 0 Å². The van der Waals surface area contributed by atoms with E-state index in [1.165, 1.54) is 12.8 Å². The molecule has 0 spiro atoms. The molecule has 0 aromatic carbocycles. The minimum atomic E-state index is 0.461. The highest BCUT2D eigenvalue weighted by Crippen LogP contribution is 2.22. The number of hydrogen-bond acceptors (Lipinski definition) is 1. The van der Waals surface area contributed by atoms with Gasteiger partial charge in [-0.05, 0) is 18.3 Å². The molecular weight excluding hydrogens is 134 g/mol. The summed E-state index contributed by atoms with van der Waals surface area (Å²) in [4.78, 5) is 0. The lowest BCUT2D eigenvalue weighted by Crippen LogP contribution is -2.34. The van der Waals surface area contributed by atoms with Crippen molar-refractivity contribution in [2.75, 3.05) is 6.54 Å². The first-order valence-corrected chi connectivity index (χ1v) is 4.46. The Hall–Kier alpha value is -0.300. The Morgan fingerprint density at radius 2 is 2.09 bits per heavy atom. The monoisotopic (exact) mass is 153 g/mol. The summed E-state index contributed by atoms with van der Waals surface area (Å²) in [5, 5.41) is 3.49. The molecule has 0 radical (unpaired) electrons. The van der Waals surface area contributed by atoms with Gasteiger partial charge in [0.1, 0.15) is 0 Å². The molecule has 64 valence electrons. The lowest BCUT2D eigenvalue weighted by Gasteiger charge is -2.27. The molecule has 0 bridgehead atoms. The Balaban J connectivity index is 2.32. The number of rotatable bonds is 1. The van der Waals surface area contributed by atoms with Crippen molar-refractivity contribution in [2.24, 2.45) is 5.41 Å². The molecule has 0 aromatic rings. The standard InChI is InChI=1S/C10H19N/c1-10(2,3)8-9-6-4-5-7-11-9/h4-5,9,11H,6-8H2,1-3H3. The van der Waals surface area contributed by atoms with E-state index in [-0.39, 0.29) is 0 Å². The normalized spacial score (nSPS) is 25.5. The topological polar surface area (TPSA) is 12.0 Å². The summed E-state index contributed by atoms with van der Waals surface area (Å²) in [6.07, 6.45) is 6.97. The van der Waals surface area contributed by atoms with Gasteiger partial charge < -0.3 is 5.32 Å². The fraction of sp³-hybridized carbons (Fsp3) is 0.800. The van der Waals surface area contributed by atoms with Crippen LogP contribution in [0, 0.1) is 5.41 Å². The van der Waals surface area contributed by atoms with Crippen molar-refractivity contribution in [3.63, 3.8) is 0 Å². The van der Waals surface area contributed by atoms with Crippen molar-refractivity contribution in [2.45, 2.75) is 39.7 Å². The summed E-state index contributed by atoms with van der Waals surface area (Å²) in [6.45, 7) is 7.95. The molecule has 0 saturated carbocycles. The Morgan fingerprint density at radius 3 is 2.55 bits per heavy atom. The van der Waals surface area contributed by atoms with E-state index in [0.29, 0.717) is 11.5 Å². The molecule has 1 aliphatic heterocycles. The lowest BCUT2D eigenvalue weighted by molar-refractivity contribution is 0.310. The number of hydrogen-bond donors (Lipinski definition) is 1. The Kier molecular flexibility index (Phi) is 2.72. The van der Waals surface area contributed by atoms with Gasteiger partial charge in [0, 0.05) is 12.6 Å². The number of nitrogens with one attached hydrogen (secondary N) is 1. The first-order valence-electron chi connectivity index (χ1n) is 4.46. The summed E-state index contributed by atoms with van der Waals surface area (Å²) < 4.78 is 0. The first-order chi connectivity index (χ1) is 5.08. The highest BCUT2D eigenvalue weighted by molar-refractivity contribution is 4.95. The predicted octanol–water partition coefficient (Wildman–Crippen LogP) is 2.34. The third kappa shape index (κ3) is 3.57. The van der Waals surface area contributed by atoms with Gasteiger partial charge in [0.25, 0.3) is 0 Å². The molecule has 0 aliphatic carbocycles. The van der Waals surface area contributed by atoms with E-state index >= 15 is 0 Å². The van der Waals surface area contributed by atoms with Crippen LogP contribution in [0.15, 0.2) is 12.2 Å². The van der Waals surface area contributed by atoms with Crippen molar-refractivity contribution < 1.29 is 0 Å². The van der Waals surface area contributed by atoms with Gasteiger partial charge >= 0.3 is 0 Å². The molecule has 1 unspecified atom stereocenters. The quantitative estimate of drug-likeness (QED) is 0.570. The average Bonchev–Trinajstić information content (AvgIpc) is 1.85. The molecule has 0 amide bonds. The maximum atomic E-state index is 3.49. The maximum Gasteiger partial charge on any atom is 0.0137 e. The van der Waals surface area contributed by atoms with Crippen LogP contribution >= 0.6 is 0 Å². The average molecular weight is 153 g/mol. The summed E-state index contributed by atoms with van der Waals surface area (Å²) in [7, 11) is 0. The van der Waals surface area contributed by atoms with Crippen LogP contribution in [-0.4, -0.2) is 12.6 Å². The maximum absolute atomic E-state index is 3.49. The van der Waals surface area contributed by atoms with Crippen LogP contribution in [0.1, 0.15) is 33.6 Å². The molecule has 11 heavy (non-hydrogen) atoms. The van der Waals surface area contributed by atoms with Crippen LogP contribution in [0.25, 0.3) is 0 Å². The molecule has 1 N–H and O–H groups in total. The lowest BCUT2D eigenvalue weighted by atomic mass is 9.86. The second-order valence-corrected chi connectivity index (χ2v) is 4.58. The summed E-state index contributed by atoms with van der Waals surface area (Å²) in [5.41, 5.74) is 0.461. The van der Waals surface area contributed by atoms with Crippen LogP contribution in [0.4, 0.5) is 0 Å². The van der Waals surface area contributed by atoms with Crippen molar-refractivity contribution >= 4 is 0 Å². The van der Waals surface area contributed by atoms with Crippen molar-refractivity contribution in [1.29, 1.82) is 0 Å². The Morgan fingerprint density at radius 1 is 1.36 bits per heavy atom. The van der Waals surface area contributed by atoms with Crippen LogP contribution in [0.3, 0.4) is 0 Å². The minimum Gasteiger partial charge on any atom is -0.310 e. The van der Waals surface area contributed by atoms with Gasteiger partial charge in [-0.25, -0.2) is 0 Å². The fourth-order valence-electron chi connectivity index (χ4n) is 1.56. The SMILES string of the molecule is CC(C)(C)CC1CC=CCN1. The fourth-order valence-corrected chi connectivity index (χ4v) is 1.56. The van der Waals surface area contributed by atoms with Gasteiger partial charge in [0.05, 0.1) is 0 Å². The van der Waals surface area contributed by atoms with E-state index in [2.05, 4.69) is 38.2 Å². The highest BCUT2D eigenvalue weighted by Gasteiger charge is 2.17. The summed E-state index contributed by atoms with van der Waals surface area (Å²) >= 11 is 0. The molecule has 1 nitrogen and oxygen atoms in total. The summed E-state index contributed by atoms with van der Waals surface area (Å²) in [6, 6.07) is 0.708. The van der Waals surface area contributed by atoms with Gasteiger partial charge in [-0.1, -0.05) is 32.9 Å². The van der Waals surface area contributed by atoms with Gasteiger partial charge in [0.2, 0.25) is 0 Å². The smallest absolute Gasteiger partial charge is 0.0137 e. The van der Waals surface area contributed by atoms with Gasteiger partial charge in [-0.2, -0.15) is 0 Å². The van der Waals surface area contributed by atoms with Crippen molar-refractivity contribution in [3.8, 4) is 0 Å². The van der Waals surface area contributed by atoms with Crippen LogP contribution in [0.5, 0.6) is 0 Å². The van der Waals surface area contributed by atoms with Crippen LogP contribution < -0.4 is 5.32 Å². The Labute approximate surface area is 69.9 Å². The molecule has 1 heteroatoms. The molecule has 1 aliphatic rings. The molecule has 1 rings (SSSR count). The van der Waals surface area contributed by atoms with Gasteiger partial charge in [-0.15, -0.1) is 0 Å². The summed E-state index contributed by atoms with van der Waals surface area (Å²) in [5.74, 6) is 0. The van der Waals surface area contributed by atoms with E-state index in [1.807, 2.05) is 0 Å². The largest absolute Gasteiger partial charge is 0.310 e. The van der Waals surface area contributed by atoms with Crippen molar-refractivity contribution in [3.05, 3.63) is 12.2 Å². The highest BCUT2D eigenvalue weighted by atomic mass is 14.9. The molecule has 1 atom stereocenters. The zero-order chi connectivity index (χ0) is 8.32. The molecule has 0 fully saturated rings. The van der Waals surface area contributed by atoms with E-state index < -0.39 is 0 Å². The van der Waals surface area contributed by atoms with E-state index in [9.17, 15) is 0 Å². The predicted molar refractivity (Wildman–Crippen MR) is 49.6 cm³/mol. The molecule has 1 heterocycles. The zero-order valence-corrected chi connectivity index (χ0v) is 7.85. The van der Waals surface area contributed by atoms with Crippen molar-refractivity contribution in [1.82, 2.24) is 5.32 Å². The second kappa shape index (κ2) is 3.40. The van der Waals surface area contributed by atoms with Crippen LogP contribution in [0.2, 0.25) is 0 Å². The zero-order valence-electron chi connectivity index (χ0n) is 7.85. The third-order valence-electron chi connectivity index (χ3n) is 1.97. The van der Waals surface area contributed by atoms with Gasteiger partial charge in [0.15, 0.2) is 0 Å². The minimum absolute atomic E-state index is 0.461. The molecule has 0 saturated heterocycles. The third-order valence-corrected chi connectivity index (χ3v) is 1.97.